The lowest BCUT2D eigenvalue weighted by Crippen LogP contribution is -2.44. The summed E-state index contributed by atoms with van der Waals surface area (Å²) in [4.78, 5) is 6.62. The predicted octanol–water partition coefficient (Wildman–Crippen LogP) is 0.787. The second-order valence-corrected chi connectivity index (χ2v) is 4.90. The van der Waals surface area contributed by atoms with Crippen LogP contribution in [0.4, 0.5) is 5.69 Å². The standard InChI is InChI=1S/C13H19N3O2/c14-10-8-11(9-10)18-13-12(2-1-3-15-13)16-4-6-17-7-5-16/h1-3,10-11H,4-9,14H2. The van der Waals surface area contributed by atoms with Crippen molar-refractivity contribution in [3.63, 3.8) is 0 Å². The van der Waals surface area contributed by atoms with Crippen LogP contribution in [0.3, 0.4) is 0 Å². The van der Waals surface area contributed by atoms with Gasteiger partial charge in [-0.2, -0.15) is 0 Å². The molecule has 2 aliphatic rings. The molecule has 2 fully saturated rings. The predicted molar refractivity (Wildman–Crippen MR) is 68.9 cm³/mol. The van der Waals surface area contributed by atoms with Gasteiger partial charge in [-0.15, -0.1) is 0 Å². The van der Waals surface area contributed by atoms with Crippen molar-refractivity contribution in [1.29, 1.82) is 0 Å². The molecule has 0 spiro atoms. The highest BCUT2D eigenvalue weighted by molar-refractivity contribution is 5.55. The number of aromatic nitrogens is 1. The monoisotopic (exact) mass is 249 g/mol. The highest BCUT2D eigenvalue weighted by Gasteiger charge is 2.29. The summed E-state index contributed by atoms with van der Waals surface area (Å²) in [5.74, 6) is 0.733. The van der Waals surface area contributed by atoms with Gasteiger partial charge in [-0.05, 0) is 25.0 Å². The first-order chi connectivity index (χ1) is 8.83. The van der Waals surface area contributed by atoms with Gasteiger partial charge in [0, 0.05) is 25.3 Å². The molecule has 2 heterocycles. The van der Waals surface area contributed by atoms with E-state index < -0.39 is 0 Å². The summed E-state index contributed by atoms with van der Waals surface area (Å²) in [6, 6.07) is 4.31. The molecule has 0 atom stereocenters. The first-order valence-corrected chi connectivity index (χ1v) is 6.53. The van der Waals surface area contributed by atoms with Crippen LogP contribution in [0.15, 0.2) is 18.3 Å². The van der Waals surface area contributed by atoms with Gasteiger partial charge in [0.2, 0.25) is 5.88 Å². The second-order valence-electron chi connectivity index (χ2n) is 4.90. The Morgan fingerprint density at radius 2 is 2.11 bits per heavy atom. The minimum atomic E-state index is 0.231. The molecule has 0 bridgehead atoms. The van der Waals surface area contributed by atoms with E-state index in [-0.39, 0.29) is 6.10 Å². The Kier molecular flexibility index (Phi) is 3.34. The lowest BCUT2D eigenvalue weighted by atomic mass is 9.90. The number of pyridine rings is 1. The number of morpholine rings is 1. The van der Waals surface area contributed by atoms with Gasteiger partial charge in [0.15, 0.2) is 0 Å². The number of hydrogen-bond acceptors (Lipinski definition) is 5. The molecule has 1 aromatic rings. The Hall–Kier alpha value is -1.33. The van der Waals surface area contributed by atoms with Crippen LogP contribution < -0.4 is 15.4 Å². The van der Waals surface area contributed by atoms with Gasteiger partial charge in [0.1, 0.15) is 11.8 Å². The van der Waals surface area contributed by atoms with Crippen molar-refractivity contribution in [3.05, 3.63) is 18.3 Å². The minimum absolute atomic E-state index is 0.231. The Morgan fingerprint density at radius 1 is 1.33 bits per heavy atom. The maximum atomic E-state index is 5.93. The fourth-order valence-electron chi connectivity index (χ4n) is 2.38. The molecule has 1 saturated carbocycles. The van der Waals surface area contributed by atoms with E-state index >= 15 is 0 Å². The maximum Gasteiger partial charge on any atom is 0.237 e. The number of anilines is 1. The van der Waals surface area contributed by atoms with Gasteiger partial charge >= 0.3 is 0 Å². The van der Waals surface area contributed by atoms with Crippen molar-refractivity contribution in [2.75, 3.05) is 31.2 Å². The topological polar surface area (TPSA) is 60.6 Å². The van der Waals surface area contributed by atoms with Crippen LogP contribution in [-0.4, -0.2) is 43.4 Å². The summed E-state index contributed by atoms with van der Waals surface area (Å²) in [5.41, 5.74) is 6.85. The summed E-state index contributed by atoms with van der Waals surface area (Å²) in [6.07, 6.45) is 3.87. The molecular weight excluding hydrogens is 230 g/mol. The normalized spacial score (nSPS) is 27.7. The molecule has 1 aromatic heterocycles. The van der Waals surface area contributed by atoms with E-state index in [1.807, 2.05) is 6.07 Å². The summed E-state index contributed by atoms with van der Waals surface area (Å²) in [5, 5.41) is 0. The van der Waals surface area contributed by atoms with Crippen molar-refractivity contribution in [3.8, 4) is 5.88 Å². The summed E-state index contributed by atoms with van der Waals surface area (Å²) < 4.78 is 11.3. The fraction of sp³-hybridized carbons (Fsp3) is 0.615. The van der Waals surface area contributed by atoms with Crippen molar-refractivity contribution >= 4 is 5.69 Å². The quantitative estimate of drug-likeness (QED) is 0.858. The molecule has 0 amide bonds. The first kappa shape index (κ1) is 11.7. The molecule has 1 aliphatic carbocycles. The Balaban J connectivity index is 1.72. The average Bonchev–Trinajstić information content (AvgIpc) is 2.39. The van der Waals surface area contributed by atoms with Gasteiger partial charge in [0.25, 0.3) is 0 Å². The molecular formula is C13H19N3O2. The molecule has 0 unspecified atom stereocenters. The largest absolute Gasteiger partial charge is 0.473 e. The van der Waals surface area contributed by atoms with Crippen molar-refractivity contribution in [2.45, 2.75) is 25.0 Å². The van der Waals surface area contributed by atoms with E-state index in [0.29, 0.717) is 6.04 Å². The molecule has 3 rings (SSSR count). The third-order valence-electron chi connectivity index (χ3n) is 3.51. The van der Waals surface area contributed by atoms with Gasteiger partial charge < -0.3 is 20.1 Å². The van der Waals surface area contributed by atoms with Crippen molar-refractivity contribution < 1.29 is 9.47 Å². The van der Waals surface area contributed by atoms with Crippen LogP contribution in [0, 0.1) is 0 Å². The molecule has 1 saturated heterocycles. The SMILES string of the molecule is NC1CC(Oc2ncccc2N2CCOCC2)C1. The van der Waals surface area contributed by atoms with Gasteiger partial charge in [-0.1, -0.05) is 0 Å². The van der Waals surface area contributed by atoms with E-state index in [0.717, 1.165) is 50.7 Å². The van der Waals surface area contributed by atoms with E-state index in [2.05, 4.69) is 16.0 Å². The Bertz CT molecular complexity index is 401. The zero-order chi connectivity index (χ0) is 12.4. The molecule has 18 heavy (non-hydrogen) atoms. The van der Waals surface area contributed by atoms with E-state index in [9.17, 15) is 0 Å². The fourth-order valence-corrected chi connectivity index (χ4v) is 2.38. The molecule has 1 aliphatic heterocycles. The third kappa shape index (κ3) is 2.42. The molecule has 0 aromatic carbocycles. The maximum absolute atomic E-state index is 5.93. The molecule has 5 nitrogen and oxygen atoms in total. The molecule has 5 heteroatoms. The van der Waals surface area contributed by atoms with Gasteiger partial charge in [-0.3, -0.25) is 0 Å². The smallest absolute Gasteiger partial charge is 0.237 e. The van der Waals surface area contributed by atoms with Crippen molar-refractivity contribution in [2.24, 2.45) is 5.73 Å². The summed E-state index contributed by atoms with van der Waals surface area (Å²) in [6.45, 7) is 3.32. The molecule has 2 N–H and O–H groups in total. The molecule has 98 valence electrons. The lowest BCUT2D eigenvalue weighted by molar-refractivity contribution is 0.0946. The van der Waals surface area contributed by atoms with E-state index in [1.54, 1.807) is 6.20 Å². The number of rotatable bonds is 3. The van der Waals surface area contributed by atoms with Crippen LogP contribution in [0.25, 0.3) is 0 Å². The Morgan fingerprint density at radius 3 is 2.83 bits per heavy atom. The minimum Gasteiger partial charge on any atom is -0.473 e. The van der Waals surface area contributed by atoms with Crippen LogP contribution in [0.5, 0.6) is 5.88 Å². The number of nitrogens with zero attached hydrogens (tertiary/aromatic N) is 2. The first-order valence-electron chi connectivity index (χ1n) is 6.53. The van der Waals surface area contributed by atoms with Gasteiger partial charge in [-0.25, -0.2) is 4.98 Å². The second kappa shape index (κ2) is 5.12. The van der Waals surface area contributed by atoms with Crippen molar-refractivity contribution in [1.82, 2.24) is 4.98 Å². The zero-order valence-corrected chi connectivity index (χ0v) is 10.4. The summed E-state index contributed by atoms with van der Waals surface area (Å²) in [7, 11) is 0. The summed E-state index contributed by atoms with van der Waals surface area (Å²) >= 11 is 0. The third-order valence-corrected chi connectivity index (χ3v) is 3.51. The number of ether oxygens (including phenoxy) is 2. The average molecular weight is 249 g/mol. The number of hydrogen-bond donors (Lipinski definition) is 1. The molecule has 0 radical (unpaired) electrons. The van der Waals surface area contributed by atoms with E-state index in [4.69, 9.17) is 15.2 Å². The Labute approximate surface area is 107 Å². The van der Waals surface area contributed by atoms with Crippen LogP contribution >= 0.6 is 0 Å². The highest BCUT2D eigenvalue weighted by Crippen LogP contribution is 2.30. The zero-order valence-electron chi connectivity index (χ0n) is 10.4. The van der Waals surface area contributed by atoms with E-state index in [1.165, 1.54) is 0 Å². The lowest BCUT2D eigenvalue weighted by Gasteiger charge is -2.34. The number of nitrogens with two attached hydrogens (primary N) is 1. The highest BCUT2D eigenvalue weighted by atomic mass is 16.5. The van der Waals surface area contributed by atoms with Gasteiger partial charge in [0.05, 0.1) is 13.2 Å². The van der Waals surface area contributed by atoms with Crippen LogP contribution in [0.2, 0.25) is 0 Å². The van der Waals surface area contributed by atoms with Crippen LogP contribution in [0.1, 0.15) is 12.8 Å². The van der Waals surface area contributed by atoms with Crippen LogP contribution in [-0.2, 0) is 4.74 Å².